The topological polar surface area (TPSA) is 119 Å². The Morgan fingerprint density at radius 3 is 2.77 bits per heavy atom. The third-order valence-corrected chi connectivity index (χ3v) is 8.31. The van der Waals surface area contributed by atoms with E-state index in [-0.39, 0.29) is 35.7 Å². The van der Waals surface area contributed by atoms with Crippen LogP contribution in [0.15, 0.2) is 17.5 Å². The van der Waals surface area contributed by atoms with Crippen molar-refractivity contribution in [2.75, 3.05) is 23.4 Å². The summed E-state index contributed by atoms with van der Waals surface area (Å²) in [4.78, 5) is 10.5. The first-order chi connectivity index (χ1) is 14.4. The summed E-state index contributed by atoms with van der Waals surface area (Å²) in [5.41, 5.74) is 3.13. The fourth-order valence-corrected chi connectivity index (χ4v) is 6.37. The van der Waals surface area contributed by atoms with Crippen molar-refractivity contribution >= 4 is 32.3 Å². The molecule has 30 heavy (non-hydrogen) atoms. The number of aromatic nitrogens is 3. The number of fused-ring (bicyclic) bond motifs is 1. The molecule has 2 fully saturated rings. The summed E-state index contributed by atoms with van der Waals surface area (Å²) in [6.07, 6.45) is 7.10. The Labute approximate surface area is 175 Å². The Bertz CT molecular complexity index is 1090. The molecule has 0 aromatic carbocycles. The van der Waals surface area contributed by atoms with Crippen LogP contribution in [0.25, 0.3) is 11.0 Å². The molecule has 9 nitrogen and oxygen atoms in total. The maximum atomic E-state index is 11.8. The van der Waals surface area contributed by atoms with Crippen LogP contribution in [0, 0.1) is 5.92 Å². The van der Waals surface area contributed by atoms with E-state index in [2.05, 4.69) is 20.6 Å². The van der Waals surface area contributed by atoms with Crippen LogP contribution < -0.4 is 5.32 Å². The zero-order valence-corrected chi connectivity index (χ0v) is 17.9. The Hall–Kier alpha value is -2.20. The monoisotopic (exact) mass is 433 g/mol. The maximum absolute atomic E-state index is 11.8. The van der Waals surface area contributed by atoms with Gasteiger partial charge in [0.15, 0.2) is 5.65 Å². The lowest BCUT2D eigenvalue weighted by Crippen LogP contribution is -2.45. The van der Waals surface area contributed by atoms with Crippen LogP contribution in [-0.2, 0) is 21.2 Å². The van der Waals surface area contributed by atoms with Crippen molar-refractivity contribution in [2.45, 2.75) is 57.2 Å². The first-order valence-corrected chi connectivity index (χ1v) is 12.4. The van der Waals surface area contributed by atoms with E-state index in [0.29, 0.717) is 25.8 Å². The first-order valence-electron chi connectivity index (χ1n) is 10.6. The van der Waals surface area contributed by atoms with Crippen molar-refractivity contribution in [1.82, 2.24) is 14.8 Å². The summed E-state index contributed by atoms with van der Waals surface area (Å²) in [5.74, 6) is 0.695. The number of oxime groups is 1. The molecule has 4 heterocycles. The van der Waals surface area contributed by atoms with Gasteiger partial charge in [0, 0.05) is 37.4 Å². The number of aliphatic hydroxyl groups is 1. The average Bonchev–Trinajstić information content (AvgIpc) is 3.33. The number of anilines is 1. The van der Waals surface area contributed by atoms with Crippen LogP contribution >= 0.6 is 0 Å². The minimum atomic E-state index is -2.93. The van der Waals surface area contributed by atoms with E-state index in [4.69, 9.17) is 4.84 Å². The van der Waals surface area contributed by atoms with Crippen LogP contribution in [0.5, 0.6) is 0 Å². The second-order valence-corrected chi connectivity index (χ2v) is 11.1. The summed E-state index contributed by atoms with van der Waals surface area (Å²) in [5, 5.41) is 22.7. The van der Waals surface area contributed by atoms with Crippen molar-refractivity contribution in [3.05, 3.63) is 18.0 Å². The van der Waals surface area contributed by atoms with E-state index in [9.17, 15) is 13.5 Å². The van der Waals surface area contributed by atoms with Crippen molar-refractivity contribution in [2.24, 2.45) is 11.1 Å². The third kappa shape index (κ3) is 3.35. The highest BCUT2D eigenvalue weighted by Gasteiger charge is 2.50. The largest absolute Gasteiger partial charge is 0.396 e. The molecule has 1 saturated heterocycles. The smallest absolute Gasteiger partial charge is 0.159 e. The van der Waals surface area contributed by atoms with Crippen molar-refractivity contribution in [1.29, 1.82) is 0 Å². The van der Waals surface area contributed by atoms with Crippen LogP contribution in [0.1, 0.15) is 44.6 Å². The molecule has 1 saturated carbocycles. The van der Waals surface area contributed by atoms with Gasteiger partial charge in [-0.3, -0.25) is 0 Å². The molecule has 1 aliphatic carbocycles. The SMILES string of the molecule is CCn1ncc2c(NC3CCS(=O)(=O)CC3)c(C3=NOC4(C3)CC(CO)C4)cnc21. The second-order valence-electron chi connectivity index (χ2n) is 8.76. The van der Waals surface area contributed by atoms with Crippen LogP contribution in [-0.4, -0.2) is 63.8 Å². The predicted molar refractivity (Wildman–Crippen MR) is 113 cm³/mol. The molecule has 162 valence electrons. The number of hydrogen-bond donors (Lipinski definition) is 2. The summed E-state index contributed by atoms with van der Waals surface area (Å²) < 4.78 is 25.5. The molecule has 0 atom stereocenters. The number of pyridine rings is 1. The molecule has 5 rings (SSSR count). The molecule has 2 aromatic rings. The highest BCUT2D eigenvalue weighted by molar-refractivity contribution is 7.91. The number of sulfone groups is 1. The molecule has 0 amide bonds. The zero-order chi connectivity index (χ0) is 20.9. The highest BCUT2D eigenvalue weighted by Crippen LogP contribution is 2.47. The first kappa shape index (κ1) is 19.7. The molecule has 2 N–H and O–H groups in total. The van der Waals surface area contributed by atoms with Gasteiger partial charge in [-0.05, 0) is 38.5 Å². The summed E-state index contributed by atoms with van der Waals surface area (Å²) in [7, 11) is -2.93. The minimum Gasteiger partial charge on any atom is -0.396 e. The molecule has 0 bridgehead atoms. The zero-order valence-electron chi connectivity index (χ0n) is 17.0. The number of nitrogens with one attached hydrogen (secondary N) is 1. The fraction of sp³-hybridized carbons (Fsp3) is 0.650. The van der Waals surface area contributed by atoms with Crippen molar-refractivity contribution in [3.8, 4) is 0 Å². The highest BCUT2D eigenvalue weighted by atomic mass is 32.2. The van der Waals surface area contributed by atoms with E-state index in [1.807, 2.05) is 24.0 Å². The lowest BCUT2D eigenvalue weighted by atomic mass is 9.69. The lowest BCUT2D eigenvalue weighted by Gasteiger charge is -2.41. The van der Waals surface area contributed by atoms with Crippen LogP contribution in [0.2, 0.25) is 0 Å². The summed E-state index contributed by atoms with van der Waals surface area (Å²) in [6, 6.07) is 0.0715. The van der Waals surface area contributed by atoms with Crippen LogP contribution in [0.3, 0.4) is 0 Å². The van der Waals surface area contributed by atoms with Gasteiger partial charge in [0.1, 0.15) is 15.4 Å². The second kappa shape index (κ2) is 7.19. The molecule has 0 unspecified atom stereocenters. The van der Waals surface area contributed by atoms with Crippen LogP contribution in [0.4, 0.5) is 5.69 Å². The third-order valence-electron chi connectivity index (χ3n) is 6.60. The molecule has 3 aliphatic rings. The number of nitrogens with zero attached hydrogens (tertiary/aromatic N) is 4. The Balaban J connectivity index is 1.47. The molecule has 0 radical (unpaired) electrons. The Morgan fingerprint density at radius 2 is 2.07 bits per heavy atom. The van der Waals surface area contributed by atoms with E-state index in [0.717, 1.165) is 40.8 Å². The summed E-state index contributed by atoms with van der Waals surface area (Å²) >= 11 is 0. The van der Waals surface area contributed by atoms with E-state index in [1.165, 1.54) is 0 Å². The van der Waals surface area contributed by atoms with E-state index < -0.39 is 9.84 Å². The maximum Gasteiger partial charge on any atom is 0.159 e. The molecule has 2 aliphatic heterocycles. The number of aliphatic hydroxyl groups excluding tert-OH is 1. The van der Waals surface area contributed by atoms with Gasteiger partial charge in [-0.2, -0.15) is 5.10 Å². The fourth-order valence-electron chi connectivity index (χ4n) is 4.88. The number of aryl methyl sites for hydroxylation is 1. The van der Waals surface area contributed by atoms with Gasteiger partial charge in [-0.15, -0.1) is 0 Å². The Kier molecular flexibility index (Phi) is 4.73. The lowest BCUT2D eigenvalue weighted by molar-refractivity contribution is -0.117. The average molecular weight is 434 g/mol. The molecular formula is C20H27N5O4S. The van der Waals surface area contributed by atoms with Crippen molar-refractivity contribution in [3.63, 3.8) is 0 Å². The predicted octanol–water partition coefficient (Wildman–Crippen LogP) is 1.71. The Morgan fingerprint density at radius 1 is 1.30 bits per heavy atom. The van der Waals surface area contributed by atoms with E-state index in [1.54, 1.807) is 0 Å². The van der Waals surface area contributed by atoms with Gasteiger partial charge < -0.3 is 15.3 Å². The standard InChI is InChI=1S/C20H27N5O4S/c1-2-25-19-16(11-22-25)18(23-14-3-5-30(27,28)6-4-14)15(10-21-19)17-9-20(29-24-17)7-13(8-20)12-26/h10-11,13-14,26H,2-9,12H2,1H3,(H,21,23). The molecular weight excluding hydrogens is 406 g/mol. The quantitative estimate of drug-likeness (QED) is 0.737. The van der Waals surface area contributed by atoms with Gasteiger partial charge in [0.2, 0.25) is 0 Å². The van der Waals surface area contributed by atoms with Gasteiger partial charge in [-0.25, -0.2) is 18.1 Å². The van der Waals surface area contributed by atoms with Crippen molar-refractivity contribution < 1.29 is 18.4 Å². The molecule has 2 aromatic heterocycles. The normalized spacial score (nSPS) is 23.3. The minimum absolute atomic E-state index is 0.0715. The van der Waals surface area contributed by atoms with E-state index >= 15 is 0 Å². The van der Waals surface area contributed by atoms with Gasteiger partial charge in [0.25, 0.3) is 0 Å². The molecule has 10 heteroatoms. The number of rotatable bonds is 5. The molecule has 1 spiro atoms. The van der Waals surface area contributed by atoms with Gasteiger partial charge in [-0.1, -0.05) is 5.16 Å². The number of hydrogen-bond acceptors (Lipinski definition) is 8. The van der Waals surface area contributed by atoms with Gasteiger partial charge >= 0.3 is 0 Å². The van der Waals surface area contributed by atoms with Gasteiger partial charge in [0.05, 0.1) is 34.5 Å². The summed E-state index contributed by atoms with van der Waals surface area (Å²) in [6.45, 7) is 2.92.